The zero-order chi connectivity index (χ0) is 14.1. The van der Waals surface area contributed by atoms with E-state index in [-0.39, 0.29) is 5.78 Å². The summed E-state index contributed by atoms with van der Waals surface area (Å²) >= 11 is 0. The molecule has 0 fully saturated rings. The normalized spacial score (nSPS) is 10.9. The molecule has 0 aliphatic heterocycles. The van der Waals surface area contributed by atoms with Gasteiger partial charge in [0.05, 0.1) is 19.8 Å². The van der Waals surface area contributed by atoms with Gasteiger partial charge in [-0.25, -0.2) is 0 Å². The number of benzene rings is 1. The predicted molar refractivity (Wildman–Crippen MR) is 75.7 cm³/mol. The first-order valence-corrected chi connectivity index (χ1v) is 6.48. The molecule has 0 unspecified atom stereocenters. The molecule has 106 valence electrons. The summed E-state index contributed by atoms with van der Waals surface area (Å²) in [6.07, 6.45) is 0. The van der Waals surface area contributed by atoms with Gasteiger partial charge in [0.1, 0.15) is 0 Å². The SMILES string of the molecule is COCCN(CCOC)CC(=O)c1ccccc1C. The van der Waals surface area contributed by atoms with Crippen LogP contribution in [-0.4, -0.2) is 57.8 Å². The minimum atomic E-state index is 0.144. The minimum absolute atomic E-state index is 0.144. The van der Waals surface area contributed by atoms with E-state index in [2.05, 4.69) is 4.90 Å². The van der Waals surface area contributed by atoms with Crippen molar-refractivity contribution in [3.8, 4) is 0 Å². The molecule has 1 rings (SSSR count). The van der Waals surface area contributed by atoms with E-state index in [1.54, 1.807) is 14.2 Å². The van der Waals surface area contributed by atoms with Gasteiger partial charge in [-0.05, 0) is 12.5 Å². The van der Waals surface area contributed by atoms with E-state index in [9.17, 15) is 4.79 Å². The number of carbonyl (C=O) groups is 1. The molecule has 1 aromatic carbocycles. The molecule has 19 heavy (non-hydrogen) atoms. The second-order valence-corrected chi connectivity index (χ2v) is 4.50. The van der Waals surface area contributed by atoms with Crippen molar-refractivity contribution in [3.05, 3.63) is 35.4 Å². The predicted octanol–water partition coefficient (Wildman–Crippen LogP) is 1.77. The van der Waals surface area contributed by atoms with Gasteiger partial charge in [-0.2, -0.15) is 0 Å². The number of Topliss-reactive ketones (excluding diaryl/α,β-unsaturated/α-hetero) is 1. The second-order valence-electron chi connectivity index (χ2n) is 4.50. The fraction of sp³-hybridized carbons (Fsp3) is 0.533. The number of ketones is 1. The van der Waals surface area contributed by atoms with Crippen LogP contribution in [0.4, 0.5) is 0 Å². The number of aryl methyl sites for hydroxylation is 1. The largest absolute Gasteiger partial charge is 0.383 e. The Hall–Kier alpha value is -1.23. The smallest absolute Gasteiger partial charge is 0.177 e. The molecule has 0 saturated heterocycles. The number of carbonyl (C=O) groups excluding carboxylic acids is 1. The van der Waals surface area contributed by atoms with Gasteiger partial charge in [0.25, 0.3) is 0 Å². The second kappa shape index (κ2) is 8.80. The molecular weight excluding hydrogens is 242 g/mol. The van der Waals surface area contributed by atoms with Crippen LogP contribution < -0.4 is 0 Å². The van der Waals surface area contributed by atoms with Crippen LogP contribution in [0.5, 0.6) is 0 Å². The van der Waals surface area contributed by atoms with Crippen LogP contribution >= 0.6 is 0 Å². The molecule has 0 spiro atoms. The number of ether oxygens (including phenoxy) is 2. The summed E-state index contributed by atoms with van der Waals surface area (Å²) in [7, 11) is 3.33. The average Bonchev–Trinajstić information content (AvgIpc) is 2.42. The van der Waals surface area contributed by atoms with Gasteiger partial charge in [-0.3, -0.25) is 9.69 Å². The molecule has 0 radical (unpaired) electrons. The van der Waals surface area contributed by atoms with Gasteiger partial charge < -0.3 is 9.47 Å². The van der Waals surface area contributed by atoms with Crippen molar-refractivity contribution in [3.63, 3.8) is 0 Å². The van der Waals surface area contributed by atoms with Gasteiger partial charge in [0.15, 0.2) is 5.78 Å². The first-order valence-electron chi connectivity index (χ1n) is 6.48. The number of hydrogen-bond acceptors (Lipinski definition) is 4. The molecule has 1 aromatic rings. The fourth-order valence-electron chi connectivity index (χ4n) is 1.88. The molecule has 0 amide bonds. The van der Waals surface area contributed by atoms with E-state index in [0.29, 0.717) is 19.8 Å². The zero-order valence-electron chi connectivity index (χ0n) is 12.0. The summed E-state index contributed by atoms with van der Waals surface area (Å²) in [4.78, 5) is 14.3. The highest BCUT2D eigenvalue weighted by atomic mass is 16.5. The maximum atomic E-state index is 12.3. The topological polar surface area (TPSA) is 38.8 Å². The standard InChI is InChI=1S/C15H23NO3/c1-13-6-4-5-7-14(13)15(17)12-16(8-10-18-2)9-11-19-3/h4-7H,8-12H2,1-3H3. The quantitative estimate of drug-likeness (QED) is 0.638. The Morgan fingerprint density at radius 1 is 1.11 bits per heavy atom. The Balaban J connectivity index is 2.61. The molecular formula is C15H23NO3. The van der Waals surface area contributed by atoms with Crippen LogP contribution in [0.15, 0.2) is 24.3 Å². The van der Waals surface area contributed by atoms with Crippen molar-refractivity contribution in [2.45, 2.75) is 6.92 Å². The highest BCUT2D eigenvalue weighted by Gasteiger charge is 2.13. The monoisotopic (exact) mass is 265 g/mol. The molecule has 0 aliphatic rings. The maximum Gasteiger partial charge on any atom is 0.177 e. The van der Waals surface area contributed by atoms with Crippen LogP contribution in [0, 0.1) is 6.92 Å². The molecule has 0 saturated carbocycles. The van der Waals surface area contributed by atoms with E-state index in [1.807, 2.05) is 31.2 Å². The molecule has 4 heteroatoms. The number of hydrogen-bond donors (Lipinski definition) is 0. The Morgan fingerprint density at radius 3 is 2.21 bits per heavy atom. The van der Waals surface area contributed by atoms with Gasteiger partial charge in [-0.1, -0.05) is 24.3 Å². The number of nitrogens with zero attached hydrogens (tertiary/aromatic N) is 1. The molecule has 0 aromatic heterocycles. The number of methoxy groups -OCH3 is 2. The molecule has 0 N–H and O–H groups in total. The van der Waals surface area contributed by atoms with Crippen molar-refractivity contribution in [1.82, 2.24) is 4.90 Å². The lowest BCUT2D eigenvalue weighted by Crippen LogP contribution is -2.35. The summed E-state index contributed by atoms with van der Waals surface area (Å²) in [6.45, 7) is 5.06. The summed E-state index contributed by atoms with van der Waals surface area (Å²) < 4.78 is 10.1. The van der Waals surface area contributed by atoms with E-state index >= 15 is 0 Å². The van der Waals surface area contributed by atoms with Crippen molar-refractivity contribution in [1.29, 1.82) is 0 Å². The third-order valence-corrected chi connectivity index (χ3v) is 3.04. The van der Waals surface area contributed by atoms with Crippen molar-refractivity contribution < 1.29 is 14.3 Å². The first-order chi connectivity index (χ1) is 9.19. The van der Waals surface area contributed by atoms with Crippen LogP contribution in [0.1, 0.15) is 15.9 Å². The summed E-state index contributed by atoms with van der Waals surface area (Å²) in [5, 5.41) is 0. The van der Waals surface area contributed by atoms with Crippen molar-refractivity contribution >= 4 is 5.78 Å². The third-order valence-electron chi connectivity index (χ3n) is 3.04. The van der Waals surface area contributed by atoms with Gasteiger partial charge in [0, 0.05) is 32.9 Å². The number of rotatable bonds is 9. The Morgan fingerprint density at radius 2 is 1.68 bits per heavy atom. The van der Waals surface area contributed by atoms with Crippen LogP contribution in [0.2, 0.25) is 0 Å². The van der Waals surface area contributed by atoms with Crippen LogP contribution in [0.3, 0.4) is 0 Å². The minimum Gasteiger partial charge on any atom is -0.383 e. The fourth-order valence-corrected chi connectivity index (χ4v) is 1.88. The van der Waals surface area contributed by atoms with Crippen molar-refractivity contribution in [2.24, 2.45) is 0 Å². The van der Waals surface area contributed by atoms with E-state index in [1.165, 1.54) is 0 Å². The van der Waals surface area contributed by atoms with Crippen molar-refractivity contribution in [2.75, 3.05) is 47.1 Å². The highest BCUT2D eigenvalue weighted by Crippen LogP contribution is 2.08. The molecule has 0 bridgehead atoms. The zero-order valence-corrected chi connectivity index (χ0v) is 12.0. The third kappa shape index (κ3) is 5.51. The van der Waals surface area contributed by atoms with Crippen LogP contribution in [0.25, 0.3) is 0 Å². The average molecular weight is 265 g/mol. The van der Waals surface area contributed by atoms with E-state index in [0.717, 1.165) is 24.2 Å². The first kappa shape index (κ1) is 15.8. The van der Waals surface area contributed by atoms with E-state index in [4.69, 9.17) is 9.47 Å². The molecule has 0 atom stereocenters. The lowest BCUT2D eigenvalue weighted by atomic mass is 10.0. The molecule has 0 aliphatic carbocycles. The van der Waals surface area contributed by atoms with Crippen LogP contribution in [-0.2, 0) is 9.47 Å². The summed E-state index contributed by atoms with van der Waals surface area (Å²) in [6, 6.07) is 7.68. The maximum absolute atomic E-state index is 12.3. The summed E-state index contributed by atoms with van der Waals surface area (Å²) in [5.41, 5.74) is 1.81. The molecule has 4 nitrogen and oxygen atoms in total. The Kier molecular flexibility index (Phi) is 7.33. The Bertz CT molecular complexity index is 385. The lowest BCUT2D eigenvalue weighted by molar-refractivity contribution is 0.0836. The lowest BCUT2D eigenvalue weighted by Gasteiger charge is -2.21. The van der Waals surface area contributed by atoms with Gasteiger partial charge in [-0.15, -0.1) is 0 Å². The summed E-state index contributed by atoms with van der Waals surface area (Å²) in [5.74, 6) is 0.144. The van der Waals surface area contributed by atoms with E-state index < -0.39 is 0 Å². The van der Waals surface area contributed by atoms with Gasteiger partial charge in [0.2, 0.25) is 0 Å². The van der Waals surface area contributed by atoms with Gasteiger partial charge >= 0.3 is 0 Å². The Labute approximate surface area is 115 Å². The molecule has 0 heterocycles. The highest BCUT2D eigenvalue weighted by molar-refractivity contribution is 5.98.